The molecule has 0 aliphatic heterocycles. The highest BCUT2D eigenvalue weighted by atomic mass is 35.5. The number of aromatic nitrogens is 2. The Morgan fingerprint density at radius 3 is 2.66 bits per heavy atom. The Kier molecular flexibility index (Phi) is 5.43. The highest BCUT2D eigenvalue weighted by Crippen LogP contribution is 2.37. The topological polar surface area (TPSA) is 71.1 Å². The molecule has 0 saturated heterocycles. The van der Waals surface area contributed by atoms with Crippen molar-refractivity contribution in [2.75, 3.05) is 24.7 Å². The van der Waals surface area contributed by atoms with Gasteiger partial charge in [-0.25, -0.2) is 14.4 Å². The average Bonchev–Trinajstić information content (AvgIpc) is 2.70. The minimum Gasteiger partial charge on any atom is -0.488 e. The second-order valence-corrected chi connectivity index (χ2v) is 7.60. The van der Waals surface area contributed by atoms with Crippen molar-refractivity contribution in [1.29, 1.82) is 0 Å². The van der Waals surface area contributed by atoms with Crippen molar-refractivity contribution in [3.05, 3.63) is 47.0 Å². The summed E-state index contributed by atoms with van der Waals surface area (Å²) >= 11 is 6.05. The van der Waals surface area contributed by atoms with Crippen LogP contribution in [0.15, 0.2) is 30.6 Å². The van der Waals surface area contributed by atoms with Crippen LogP contribution in [0.4, 0.5) is 21.6 Å². The fourth-order valence-electron chi connectivity index (χ4n) is 3.42. The number of ether oxygens (including phenoxy) is 1. The Morgan fingerprint density at radius 2 is 1.93 bits per heavy atom. The molecule has 0 radical (unpaired) electrons. The van der Waals surface area contributed by atoms with Crippen LogP contribution in [0.1, 0.15) is 18.4 Å². The molecule has 1 fully saturated rings. The van der Waals surface area contributed by atoms with Gasteiger partial charge < -0.3 is 20.7 Å². The van der Waals surface area contributed by atoms with E-state index in [-0.39, 0.29) is 16.8 Å². The van der Waals surface area contributed by atoms with Gasteiger partial charge in [0.1, 0.15) is 24.0 Å². The zero-order valence-electron chi connectivity index (χ0n) is 16.5. The van der Waals surface area contributed by atoms with Crippen LogP contribution in [0.5, 0.6) is 5.75 Å². The molecule has 0 atom stereocenters. The number of nitrogens with one attached hydrogen (secondary N) is 3. The molecule has 0 spiro atoms. The summed E-state index contributed by atoms with van der Waals surface area (Å²) in [5.41, 5.74) is 2.51. The summed E-state index contributed by atoms with van der Waals surface area (Å²) in [4.78, 5) is 8.66. The Balaban J connectivity index is 1.70. The molecule has 8 heteroatoms. The fourth-order valence-corrected chi connectivity index (χ4v) is 3.59. The van der Waals surface area contributed by atoms with Crippen LogP contribution < -0.4 is 20.7 Å². The highest BCUT2D eigenvalue weighted by molar-refractivity contribution is 6.31. The molecule has 3 N–H and O–H groups in total. The zero-order valence-corrected chi connectivity index (χ0v) is 17.3. The van der Waals surface area contributed by atoms with Crippen molar-refractivity contribution in [2.45, 2.75) is 31.9 Å². The minimum atomic E-state index is -0.505. The zero-order chi connectivity index (χ0) is 20.5. The number of hydrogen-bond donors (Lipinski definition) is 3. The van der Waals surface area contributed by atoms with E-state index >= 15 is 0 Å². The van der Waals surface area contributed by atoms with Crippen LogP contribution >= 0.6 is 11.6 Å². The Hall–Kier alpha value is -2.64. The van der Waals surface area contributed by atoms with E-state index < -0.39 is 5.82 Å². The van der Waals surface area contributed by atoms with Crippen molar-refractivity contribution in [3.8, 4) is 5.75 Å². The number of benzene rings is 2. The number of anilines is 3. The number of rotatable bonds is 6. The molecule has 1 aliphatic rings. The summed E-state index contributed by atoms with van der Waals surface area (Å²) in [6.07, 6.45) is 3.52. The minimum absolute atomic E-state index is 0.0962. The molecule has 1 heterocycles. The van der Waals surface area contributed by atoms with Crippen LogP contribution in [-0.4, -0.2) is 36.2 Å². The summed E-state index contributed by atoms with van der Waals surface area (Å²) in [5, 5.41) is 10.3. The molecular weight excluding hydrogens is 393 g/mol. The molecule has 3 aromatic rings. The van der Waals surface area contributed by atoms with Crippen molar-refractivity contribution in [1.82, 2.24) is 15.3 Å². The molecule has 0 unspecified atom stereocenters. The van der Waals surface area contributed by atoms with E-state index in [1.54, 1.807) is 19.1 Å². The third-order valence-electron chi connectivity index (χ3n) is 5.33. The van der Waals surface area contributed by atoms with Gasteiger partial charge in [0.15, 0.2) is 5.82 Å². The van der Waals surface area contributed by atoms with Crippen LogP contribution in [0.2, 0.25) is 5.02 Å². The molecule has 152 valence electrons. The van der Waals surface area contributed by atoms with Gasteiger partial charge in [0.2, 0.25) is 0 Å². The molecule has 1 aliphatic carbocycles. The molecule has 1 saturated carbocycles. The Bertz CT molecular complexity index is 1050. The van der Waals surface area contributed by atoms with Crippen LogP contribution in [-0.2, 0) is 0 Å². The monoisotopic (exact) mass is 415 g/mol. The van der Waals surface area contributed by atoms with Gasteiger partial charge in [-0.15, -0.1) is 0 Å². The smallest absolute Gasteiger partial charge is 0.165 e. The van der Waals surface area contributed by atoms with E-state index in [4.69, 9.17) is 16.3 Å². The third kappa shape index (κ3) is 3.80. The lowest BCUT2D eigenvalue weighted by Gasteiger charge is -2.35. The van der Waals surface area contributed by atoms with E-state index in [9.17, 15) is 4.39 Å². The third-order valence-corrected chi connectivity index (χ3v) is 5.80. The molecule has 4 rings (SSSR count). The van der Waals surface area contributed by atoms with Gasteiger partial charge in [0.05, 0.1) is 21.9 Å². The molecule has 0 bridgehead atoms. The first-order chi connectivity index (χ1) is 14.0. The van der Waals surface area contributed by atoms with E-state index in [2.05, 4.69) is 25.9 Å². The van der Waals surface area contributed by atoms with Gasteiger partial charge in [0.25, 0.3) is 0 Å². The number of nitrogens with zero attached hydrogens (tertiary/aromatic N) is 2. The molecule has 29 heavy (non-hydrogen) atoms. The molecule has 6 nitrogen and oxygen atoms in total. The number of aryl methyl sites for hydroxylation is 1. The van der Waals surface area contributed by atoms with Gasteiger partial charge >= 0.3 is 0 Å². The van der Waals surface area contributed by atoms with Crippen molar-refractivity contribution >= 4 is 39.7 Å². The quantitative estimate of drug-likeness (QED) is 0.544. The maximum Gasteiger partial charge on any atom is 0.165 e. The van der Waals surface area contributed by atoms with Crippen molar-refractivity contribution in [2.24, 2.45) is 0 Å². The van der Waals surface area contributed by atoms with Gasteiger partial charge in [0, 0.05) is 18.5 Å². The SMILES string of the molecule is CNc1cc2ncnc(Nc3ccc(C)c(Cl)c3F)c2cc1OC1CC(NC)C1. The molecule has 0 amide bonds. The number of fused-ring (bicyclic) bond motifs is 1. The first-order valence-corrected chi connectivity index (χ1v) is 9.90. The first-order valence-electron chi connectivity index (χ1n) is 9.52. The van der Waals surface area contributed by atoms with Crippen LogP contribution in [0.3, 0.4) is 0 Å². The second kappa shape index (κ2) is 8.00. The maximum atomic E-state index is 14.6. The predicted octanol–water partition coefficient (Wildman–Crippen LogP) is 4.65. The van der Waals surface area contributed by atoms with Crippen LogP contribution in [0.25, 0.3) is 10.9 Å². The standard InChI is InChI=1S/C21H23ClFN5O/c1-11-4-5-15(20(23)19(11)22)28-21-14-8-18(29-13-6-12(7-13)24-2)17(25-3)9-16(14)26-10-27-21/h4-5,8-10,12-13,24-25H,6-7H2,1-3H3,(H,26,27,28). The Morgan fingerprint density at radius 1 is 1.14 bits per heavy atom. The summed E-state index contributed by atoms with van der Waals surface area (Å²) in [6, 6.07) is 7.71. The lowest BCUT2D eigenvalue weighted by molar-refractivity contribution is 0.0893. The second-order valence-electron chi connectivity index (χ2n) is 7.22. The van der Waals surface area contributed by atoms with Gasteiger partial charge in [-0.3, -0.25) is 0 Å². The molecule has 1 aromatic heterocycles. The van der Waals surface area contributed by atoms with E-state index in [1.165, 1.54) is 6.33 Å². The summed E-state index contributed by atoms with van der Waals surface area (Å²) in [7, 11) is 3.80. The summed E-state index contributed by atoms with van der Waals surface area (Å²) in [6.45, 7) is 1.76. The van der Waals surface area contributed by atoms with Gasteiger partial charge in [-0.05, 0) is 50.6 Å². The van der Waals surface area contributed by atoms with E-state index in [1.807, 2.05) is 26.2 Å². The van der Waals surface area contributed by atoms with Crippen molar-refractivity contribution < 1.29 is 9.13 Å². The highest BCUT2D eigenvalue weighted by Gasteiger charge is 2.30. The largest absolute Gasteiger partial charge is 0.488 e. The fraction of sp³-hybridized carbons (Fsp3) is 0.333. The van der Waals surface area contributed by atoms with Crippen LogP contribution in [0, 0.1) is 12.7 Å². The first kappa shape index (κ1) is 19.7. The average molecular weight is 416 g/mol. The molecular formula is C21H23ClFN5O. The maximum absolute atomic E-state index is 14.6. The summed E-state index contributed by atoms with van der Waals surface area (Å²) < 4.78 is 20.8. The van der Waals surface area contributed by atoms with E-state index in [0.29, 0.717) is 17.4 Å². The van der Waals surface area contributed by atoms with Crippen molar-refractivity contribution in [3.63, 3.8) is 0 Å². The lowest BCUT2D eigenvalue weighted by atomic mass is 9.89. The summed E-state index contributed by atoms with van der Waals surface area (Å²) in [5.74, 6) is 0.706. The molecule has 2 aromatic carbocycles. The van der Waals surface area contributed by atoms with Gasteiger partial charge in [-0.1, -0.05) is 17.7 Å². The number of hydrogen-bond acceptors (Lipinski definition) is 6. The van der Waals surface area contributed by atoms with E-state index in [0.717, 1.165) is 35.2 Å². The lowest BCUT2D eigenvalue weighted by Crippen LogP contribution is -2.45. The Labute approximate surface area is 173 Å². The van der Waals surface area contributed by atoms with Gasteiger partial charge in [-0.2, -0.15) is 0 Å². The predicted molar refractivity (Wildman–Crippen MR) is 115 cm³/mol. The number of halogens is 2. The normalized spacial score (nSPS) is 18.4.